The van der Waals surface area contributed by atoms with Crippen LogP contribution in [-0.2, 0) is 0 Å². The van der Waals surface area contributed by atoms with Crippen LogP contribution in [0.3, 0.4) is 0 Å². The van der Waals surface area contributed by atoms with Crippen molar-refractivity contribution < 1.29 is 4.79 Å². The number of primary amides is 1. The van der Waals surface area contributed by atoms with E-state index < -0.39 is 5.91 Å². The molecule has 0 spiro atoms. The van der Waals surface area contributed by atoms with E-state index in [1.807, 2.05) is 0 Å². The van der Waals surface area contributed by atoms with Crippen LogP contribution in [-0.4, -0.2) is 16.9 Å². The van der Waals surface area contributed by atoms with Gasteiger partial charge in [-0.15, -0.1) is 0 Å². The summed E-state index contributed by atoms with van der Waals surface area (Å²) in [5.74, 6) is 0.325. The standard InChI is InChI=1S/C12H19N3OS/c1-8(9-5-3-2-4-6-9)15-12-14-7-10(17-12)11(13)16/h7-9H,2-6H2,1H3,(H2,13,16)(H,14,15)/t8-/m0/s1. The Morgan fingerprint density at radius 1 is 1.53 bits per heavy atom. The lowest BCUT2D eigenvalue weighted by molar-refractivity contribution is 0.100. The number of rotatable bonds is 4. The van der Waals surface area contributed by atoms with E-state index in [1.165, 1.54) is 43.4 Å². The van der Waals surface area contributed by atoms with Crippen LogP contribution < -0.4 is 11.1 Å². The minimum absolute atomic E-state index is 0.402. The molecular weight excluding hydrogens is 234 g/mol. The summed E-state index contributed by atoms with van der Waals surface area (Å²) >= 11 is 1.34. The average Bonchev–Trinajstić information content (AvgIpc) is 2.79. The van der Waals surface area contributed by atoms with Gasteiger partial charge in [0.25, 0.3) is 5.91 Å². The number of anilines is 1. The van der Waals surface area contributed by atoms with E-state index in [4.69, 9.17) is 5.73 Å². The zero-order valence-corrected chi connectivity index (χ0v) is 10.9. The third-order valence-corrected chi connectivity index (χ3v) is 4.40. The van der Waals surface area contributed by atoms with Crippen molar-refractivity contribution in [2.75, 3.05) is 5.32 Å². The number of aromatic nitrogens is 1. The largest absolute Gasteiger partial charge is 0.365 e. The minimum atomic E-state index is -0.402. The van der Waals surface area contributed by atoms with Crippen molar-refractivity contribution in [1.82, 2.24) is 4.98 Å². The van der Waals surface area contributed by atoms with Crippen LogP contribution >= 0.6 is 11.3 Å². The number of amides is 1. The molecule has 0 aromatic carbocycles. The monoisotopic (exact) mass is 253 g/mol. The summed E-state index contributed by atoms with van der Waals surface area (Å²) in [6, 6.07) is 0.419. The zero-order chi connectivity index (χ0) is 12.3. The zero-order valence-electron chi connectivity index (χ0n) is 10.1. The molecular formula is C12H19N3OS. The third-order valence-electron chi connectivity index (χ3n) is 3.46. The molecule has 0 aliphatic heterocycles. The number of nitrogens with one attached hydrogen (secondary N) is 1. The lowest BCUT2D eigenvalue weighted by atomic mass is 9.85. The van der Waals surface area contributed by atoms with Gasteiger partial charge in [-0.1, -0.05) is 30.6 Å². The maximum Gasteiger partial charge on any atom is 0.260 e. The van der Waals surface area contributed by atoms with Gasteiger partial charge in [0.2, 0.25) is 0 Å². The second kappa shape index (κ2) is 5.49. The predicted molar refractivity (Wildman–Crippen MR) is 70.3 cm³/mol. The van der Waals surface area contributed by atoms with E-state index in [0.717, 1.165) is 11.0 Å². The normalized spacial score (nSPS) is 18.9. The molecule has 94 valence electrons. The van der Waals surface area contributed by atoms with E-state index in [2.05, 4.69) is 17.2 Å². The van der Waals surface area contributed by atoms with Crippen molar-refractivity contribution in [3.63, 3.8) is 0 Å². The van der Waals surface area contributed by atoms with Crippen LogP contribution in [0.1, 0.15) is 48.7 Å². The second-order valence-corrected chi connectivity index (χ2v) is 5.76. The molecule has 0 bridgehead atoms. The van der Waals surface area contributed by atoms with Gasteiger partial charge >= 0.3 is 0 Å². The van der Waals surface area contributed by atoms with Crippen molar-refractivity contribution in [2.45, 2.75) is 45.1 Å². The highest BCUT2D eigenvalue weighted by Crippen LogP contribution is 2.29. The number of thiazole rings is 1. The predicted octanol–water partition coefficient (Wildman–Crippen LogP) is 2.62. The Labute approximate surface area is 106 Å². The fourth-order valence-electron chi connectivity index (χ4n) is 2.40. The number of nitrogens with zero attached hydrogens (tertiary/aromatic N) is 1. The molecule has 1 saturated carbocycles. The number of nitrogens with two attached hydrogens (primary N) is 1. The summed E-state index contributed by atoms with van der Waals surface area (Å²) in [7, 11) is 0. The van der Waals surface area contributed by atoms with Gasteiger partial charge in [0, 0.05) is 6.04 Å². The Balaban J connectivity index is 1.92. The lowest BCUT2D eigenvalue weighted by Crippen LogP contribution is -2.27. The Morgan fingerprint density at radius 3 is 2.82 bits per heavy atom. The van der Waals surface area contributed by atoms with Crippen molar-refractivity contribution in [2.24, 2.45) is 11.7 Å². The van der Waals surface area contributed by atoms with Crippen molar-refractivity contribution in [3.05, 3.63) is 11.1 Å². The highest BCUT2D eigenvalue weighted by atomic mass is 32.1. The fourth-order valence-corrected chi connectivity index (χ4v) is 3.17. The summed E-state index contributed by atoms with van der Waals surface area (Å²) in [6.45, 7) is 2.20. The molecule has 1 aromatic heterocycles. The molecule has 17 heavy (non-hydrogen) atoms. The number of carbonyl (C=O) groups is 1. The summed E-state index contributed by atoms with van der Waals surface area (Å²) in [6.07, 6.45) is 8.17. The van der Waals surface area contributed by atoms with Crippen molar-refractivity contribution >= 4 is 22.4 Å². The molecule has 1 amide bonds. The number of carbonyl (C=O) groups excluding carboxylic acids is 1. The van der Waals surface area contributed by atoms with Gasteiger partial charge in [-0.05, 0) is 25.7 Å². The molecule has 0 radical (unpaired) electrons. The molecule has 0 saturated heterocycles. The molecule has 0 unspecified atom stereocenters. The molecule has 1 aliphatic carbocycles. The van der Waals surface area contributed by atoms with Crippen LogP contribution in [0.2, 0.25) is 0 Å². The Kier molecular flexibility index (Phi) is 3.99. The van der Waals surface area contributed by atoms with E-state index in [0.29, 0.717) is 10.9 Å². The summed E-state index contributed by atoms with van der Waals surface area (Å²) in [5, 5.41) is 4.19. The van der Waals surface area contributed by atoms with Crippen molar-refractivity contribution in [3.8, 4) is 0 Å². The molecule has 2 rings (SSSR count). The van der Waals surface area contributed by atoms with Crippen LogP contribution in [0, 0.1) is 5.92 Å². The molecule has 1 fully saturated rings. The first kappa shape index (κ1) is 12.4. The Morgan fingerprint density at radius 2 is 2.24 bits per heavy atom. The number of hydrogen-bond donors (Lipinski definition) is 2. The highest BCUT2D eigenvalue weighted by Gasteiger charge is 2.20. The molecule has 1 aromatic rings. The van der Waals surface area contributed by atoms with Gasteiger partial charge in [-0.2, -0.15) is 0 Å². The highest BCUT2D eigenvalue weighted by molar-refractivity contribution is 7.17. The molecule has 4 nitrogen and oxygen atoms in total. The quantitative estimate of drug-likeness (QED) is 0.866. The third kappa shape index (κ3) is 3.19. The first-order valence-electron chi connectivity index (χ1n) is 6.19. The Bertz CT molecular complexity index is 385. The van der Waals surface area contributed by atoms with Crippen LogP contribution in [0.4, 0.5) is 5.13 Å². The first-order chi connectivity index (χ1) is 8.16. The van der Waals surface area contributed by atoms with Crippen molar-refractivity contribution in [1.29, 1.82) is 0 Å². The van der Waals surface area contributed by atoms with Gasteiger partial charge in [-0.3, -0.25) is 4.79 Å². The number of hydrogen-bond acceptors (Lipinski definition) is 4. The fraction of sp³-hybridized carbons (Fsp3) is 0.667. The van der Waals surface area contributed by atoms with E-state index >= 15 is 0 Å². The van der Waals surface area contributed by atoms with E-state index in [-0.39, 0.29) is 0 Å². The van der Waals surface area contributed by atoms with Gasteiger partial charge in [0.15, 0.2) is 5.13 Å². The maximum atomic E-state index is 11.0. The van der Waals surface area contributed by atoms with Crippen LogP contribution in [0.5, 0.6) is 0 Å². The molecule has 3 N–H and O–H groups in total. The topological polar surface area (TPSA) is 68.0 Å². The molecule has 1 aliphatic rings. The smallest absolute Gasteiger partial charge is 0.260 e. The van der Waals surface area contributed by atoms with Gasteiger partial charge in [0.1, 0.15) is 4.88 Å². The minimum Gasteiger partial charge on any atom is -0.365 e. The first-order valence-corrected chi connectivity index (χ1v) is 7.00. The van der Waals surface area contributed by atoms with Gasteiger partial charge in [-0.25, -0.2) is 4.98 Å². The molecule has 1 atom stereocenters. The SMILES string of the molecule is C[C@H](Nc1ncc(C(N)=O)s1)C1CCCCC1. The maximum absolute atomic E-state index is 11.0. The van der Waals surface area contributed by atoms with Gasteiger partial charge in [0.05, 0.1) is 6.20 Å². The molecule has 5 heteroatoms. The summed E-state index contributed by atoms with van der Waals surface area (Å²) < 4.78 is 0. The Hall–Kier alpha value is -1.10. The van der Waals surface area contributed by atoms with E-state index in [1.54, 1.807) is 6.20 Å². The average molecular weight is 253 g/mol. The second-order valence-electron chi connectivity index (χ2n) is 4.73. The van der Waals surface area contributed by atoms with Crippen LogP contribution in [0.25, 0.3) is 0 Å². The van der Waals surface area contributed by atoms with Crippen LogP contribution in [0.15, 0.2) is 6.20 Å². The molecule has 1 heterocycles. The lowest BCUT2D eigenvalue weighted by Gasteiger charge is -2.28. The van der Waals surface area contributed by atoms with Gasteiger partial charge < -0.3 is 11.1 Å². The summed E-state index contributed by atoms with van der Waals surface area (Å²) in [5.41, 5.74) is 5.20. The van der Waals surface area contributed by atoms with E-state index in [9.17, 15) is 4.79 Å². The summed E-state index contributed by atoms with van der Waals surface area (Å²) in [4.78, 5) is 15.7.